The number of rotatable bonds is 5. The minimum atomic E-state index is -0.00791. The quantitative estimate of drug-likeness (QED) is 0.623. The smallest absolute Gasteiger partial charge is 0.159 e. The molecule has 0 aliphatic carbocycles. The highest BCUT2D eigenvalue weighted by Crippen LogP contribution is 2.16. The molecule has 0 spiro atoms. The van der Waals surface area contributed by atoms with Crippen molar-refractivity contribution in [2.24, 2.45) is 0 Å². The van der Waals surface area contributed by atoms with Gasteiger partial charge in [0.2, 0.25) is 0 Å². The van der Waals surface area contributed by atoms with E-state index < -0.39 is 0 Å². The first-order chi connectivity index (χ1) is 8.26. The van der Waals surface area contributed by atoms with Crippen molar-refractivity contribution >= 4 is 17.3 Å². The predicted octanol–water partition coefficient (Wildman–Crippen LogP) is -0.898. The maximum atomic E-state index is 8.97. The van der Waals surface area contributed by atoms with E-state index in [9.17, 15) is 0 Å². The number of anilines is 2. The second kappa shape index (κ2) is 4.98. The average molecular weight is 237 g/mol. The molecular weight excluding hydrogens is 222 g/mol. The van der Waals surface area contributed by atoms with Crippen LogP contribution < -0.4 is 10.6 Å². The molecule has 0 atom stereocenters. The third kappa shape index (κ3) is 2.29. The lowest BCUT2D eigenvalue weighted by atomic mass is 10.4. The molecule has 92 valence electrons. The van der Waals surface area contributed by atoms with Crippen LogP contribution in [0.4, 0.5) is 11.6 Å². The Morgan fingerprint density at radius 2 is 2.00 bits per heavy atom. The number of nitrogens with two attached hydrogens (primary N) is 1. The molecule has 2 aromatic rings. The van der Waals surface area contributed by atoms with Gasteiger partial charge in [-0.2, -0.15) is 9.61 Å². The number of nitrogen functional groups attached to an aromatic ring is 1. The van der Waals surface area contributed by atoms with E-state index in [1.807, 2.05) is 0 Å². The van der Waals surface area contributed by atoms with Crippen LogP contribution in [0.15, 0.2) is 18.3 Å². The third-order valence-corrected chi connectivity index (χ3v) is 2.44. The van der Waals surface area contributed by atoms with Crippen LogP contribution in [0.5, 0.6) is 0 Å². The van der Waals surface area contributed by atoms with E-state index in [4.69, 9.17) is 15.9 Å². The van der Waals surface area contributed by atoms with E-state index in [1.54, 1.807) is 23.2 Å². The summed E-state index contributed by atoms with van der Waals surface area (Å²) in [5, 5.41) is 22.0. The summed E-state index contributed by atoms with van der Waals surface area (Å²) in [5.41, 5.74) is 6.48. The monoisotopic (exact) mass is 237 g/mol. The molecular formula is C10H15N5O2. The first kappa shape index (κ1) is 11.6. The number of aliphatic hydroxyl groups is 2. The summed E-state index contributed by atoms with van der Waals surface area (Å²) in [6.07, 6.45) is 1.62. The molecule has 0 saturated heterocycles. The summed E-state index contributed by atoms with van der Waals surface area (Å²) in [5.74, 6) is 1.09. The Morgan fingerprint density at radius 3 is 2.65 bits per heavy atom. The average Bonchev–Trinajstić information content (AvgIpc) is 2.77. The molecule has 0 radical (unpaired) electrons. The maximum Gasteiger partial charge on any atom is 0.159 e. The molecule has 0 saturated carbocycles. The van der Waals surface area contributed by atoms with E-state index in [0.717, 1.165) is 0 Å². The van der Waals surface area contributed by atoms with Gasteiger partial charge in [-0.3, -0.25) is 0 Å². The van der Waals surface area contributed by atoms with E-state index in [1.165, 1.54) is 4.52 Å². The number of hydrogen-bond donors (Lipinski definition) is 3. The fourth-order valence-corrected chi connectivity index (χ4v) is 1.67. The van der Waals surface area contributed by atoms with Crippen molar-refractivity contribution in [3.63, 3.8) is 0 Å². The summed E-state index contributed by atoms with van der Waals surface area (Å²) in [6.45, 7) is 0.784. The molecule has 0 unspecified atom stereocenters. The van der Waals surface area contributed by atoms with Crippen molar-refractivity contribution in [1.29, 1.82) is 0 Å². The molecule has 7 nitrogen and oxygen atoms in total. The SMILES string of the molecule is Nc1cc(N(CCO)CCO)nc2ccnn12. The molecule has 0 aliphatic heterocycles. The predicted molar refractivity (Wildman–Crippen MR) is 63.8 cm³/mol. The molecule has 0 fully saturated rings. The molecule has 2 rings (SSSR count). The van der Waals surface area contributed by atoms with Gasteiger partial charge in [0.05, 0.1) is 19.4 Å². The number of fused-ring (bicyclic) bond motifs is 1. The lowest BCUT2D eigenvalue weighted by molar-refractivity contribution is 0.280. The topological polar surface area (TPSA) is 99.9 Å². The van der Waals surface area contributed by atoms with Crippen LogP contribution in [-0.4, -0.2) is 51.1 Å². The highest BCUT2D eigenvalue weighted by Gasteiger charge is 2.10. The molecule has 7 heteroatoms. The Hall–Kier alpha value is -1.86. The number of aromatic nitrogens is 3. The lowest BCUT2D eigenvalue weighted by Gasteiger charge is -2.22. The van der Waals surface area contributed by atoms with Gasteiger partial charge in [0.25, 0.3) is 0 Å². The molecule has 0 bridgehead atoms. The second-order valence-corrected chi connectivity index (χ2v) is 3.57. The number of hydrogen-bond acceptors (Lipinski definition) is 6. The highest BCUT2D eigenvalue weighted by molar-refractivity contribution is 5.56. The summed E-state index contributed by atoms with van der Waals surface area (Å²) >= 11 is 0. The van der Waals surface area contributed by atoms with Gasteiger partial charge in [-0.15, -0.1) is 0 Å². The van der Waals surface area contributed by atoms with Crippen molar-refractivity contribution < 1.29 is 10.2 Å². The Balaban J connectivity index is 2.38. The molecule has 0 aliphatic rings. The first-order valence-electron chi connectivity index (χ1n) is 5.33. The molecule has 0 amide bonds. The summed E-state index contributed by atoms with van der Waals surface area (Å²) in [4.78, 5) is 6.12. The Kier molecular flexibility index (Phi) is 3.40. The van der Waals surface area contributed by atoms with Gasteiger partial charge in [0.15, 0.2) is 5.65 Å². The van der Waals surface area contributed by atoms with Crippen LogP contribution >= 0.6 is 0 Å². The summed E-state index contributed by atoms with van der Waals surface area (Å²) in [7, 11) is 0. The van der Waals surface area contributed by atoms with Crippen molar-refractivity contribution in [2.45, 2.75) is 0 Å². The largest absolute Gasteiger partial charge is 0.395 e. The minimum absolute atomic E-state index is 0.00791. The van der Waals surface area contributed by atoms with Crippen LogP contribution in [0.2, 0.25) is 0 Å². The van der Waals surface area contributed by atoms with E-state index in [0.29, 0.717) is 30.4 Å². The minimum Gasteiger partial charge on any atom is -0.395 e. The van der Waals surface area contributed by atoms with E-state index in [2.05, 4.69) is 10.1 Å². The van der Waals surface area contributed by atoms with Crippen LogP contribution in [0, 0.1) is 0 Å². The van der Waals surface area contributed by atoms with Crippen molar-refractivity contribution in [2.75, 3.05) is 36.9 Å². The van der Waals surface area contributed by atoms with Crippen LogP contribution in [0.1, 0.15) is 0 Å². The Morgan fingerprint density at radius 1 is 1.29 bits per heavy atom. The normalized spacial score (nSPS) is 10.9. The summed E-state index contributed by atoms with van der Waals surface area (Å²) in [6, 6.07) is 3.42. The maximum absolute atomic E-state index is 8.97. The molecule has 2 heterocycles. The van der Waals surface area contributed by atoms with Crippen LogP contribution in [0.25, 0.3) is 5.65 Å². The van der Waals surface area contributed by atoms with Gasteiger partial charge in [-0.25, -0.2) is 4.98 Å². The fraction of sp³-hybridized carbons (Fsp3) is 0.400. The lowest BCUT2D eigenvalue weighted by Crippen LogP contribution is -2.30. The zero-order chi connectivity index (χ0) is 12.3. The van der Waals surface area contributed by atoms with Gasteiger partial charge in [0.1, 0.15) is 11.6 Å². The summed E-state index contributed by atoms with van der Waals surface area (Å²) < 4.78 is 1.53. The second-order valence-electron chi connectivity index (χ2n) is 3.57. The zero-order valence-corrected chi connectivity index (χ0v) is 9.32. The molecule has 4 N–H and O–H groups in total. The molecule has 17 heavy (non-hydrogen) atoms. The van der Waals surface area contributed by atoms with E-state index in [-0.39, 0.29) is 13.2 Å². The van der Waals surface area contributed by atoms with Gasteiger partial charge >= 0.3 is 0 Å². The van der Waals surface area contributed by atoms with Gasteiger partial charge in [0, 0.05) is 25.2 Å². The number of aliphatic hydroxyl groups excluding tert-OH is 2. The van der Waals surface area contributed by atoms with Crippen LogP contribution in [-0.2, 0) is 0 Å². The zero-order valence-electron chi connectivity index (χ0n) is 9.32. The molecule has 0 aromatic carbocycles. The van der Waals surface area contributed by atoms with Gasteiger partial charge < -0.3 is 20.8 Å². The molecule has 2 aromatic heterocycles. The van der Waals surface area contributed by atoms with Gasteiger partial charge in [-0.05, 0) is 0 Å². The fourth-order valence-electron chi connectivity index (χ4n) is 1.67. The standard InChI is InChI=1S/C10H15N5O2/c11-8-7-10(14(3-5-16)4-6-17)13-9-1-2-12-15(8)9/h1-2,7,16-17H,3-6,11H2. The third-order valence-electron chi connectivity index (χ3n) is 2.44. The number of nitrogens with zero attached hydrogens (tertiary/aromatic N) is 4. The Bertz CT molecular complexity index is 492. The first-order valence-corrected chi connectivity index (χ1v) is 5.33. The van der Waals surface area contributed by atoms with E-state index >= 15 is 0 Å². The van der Waals surface area contributed by atoms with Crippen LogP contribution in [0.3, 0.4) is 0 Å². The van der Waals surface area contributed by atoms with Crippen molar-refractivity contribution in [1.82, 2.24) is 14.6 Å². The van der Waals surface area contributed by atoms with Crippen molar-refractivity contribution in [3.05, 3.63) is 18.3 Å². The van der Waals surface area contributed by atoms with Gasteiger partial charge in [-0.1, -0.05) is 0 Å². The highest BCUT2D eigenvalue weighted by atomic mass is 16.3. The van der Waals surface area contributed by atoms with Crippen molar-refractivity contribution in [3.8, 4) is 0 Å². The Labute approximate surface area is 98.1 Å².